The maximum Gasteiger partial charge on any atom is 0.330 e. The van der Waals surface area contributed by atoms with Gasteiger partial charge in [0.1, 0.15) is 5.75 Å². The van der Waals surface area contributed by atoms with Gasteiger partial charge < -0.3 is 20.1 Å². The van der Waals surface area contributed by atoms with Crippen LogP contribution >= 0.6 is 11.8 Å². The monoisotopic (exact) mass is 638 g/mol. The van der Waals surface area contributed by atoms with Gasteiger partial charge in [-0.1, -0.05) is 89.1 Å². The zero-order chi connectivity index (χ0) is 31.9. The van der Waals surface area contributed by atoms with E-state index in [4.69, 9.17) is 4.74 Å². The number of thioether (sulfide) groups is 1. The third-order valence-corrected chi connectivity index (χ3v) is 11.0. The van der Waals surface area contributed by atoms with Gasteiger partial charge in [-0.2, -0.15) is 0 Å². The zero-order valence-electron chi connectivity index (χ0n) is 25.8. The predicted molar refractivity (Wildman–Crippen MR) is 176 cm³/mol. The van der Waals surface area contributed by atoms with Gasteiger partial charge in [0, 0.05) is 29.0 Å². The quantitative estimate of drug-likeness (QED) is 0.192. The van der Waals surface area contributed by atoms with E-state index in [-0.39, 0.29) is 21.6 Å². The minimum atomic E-state index is -3.75. The molecule has 2 atom stereocenters. The van der Waals surface area contributed by atoms with E-state index in [0.717, 1.165) is 24.9 Å². The Labute approximate surface area is 265 Å². The summed E-state index contributed by atoms with van der Waals surface area (Å²) in [5, 5.41) is 12.4. The summed E-state index contributed by atoms with van der Waals surface area (Å²) in [5.74, 6) is -1.53. The highest BCUT2D eigenvalue weighted by Crippen LogP contribution is 2.48. The number of unbranched alkanes of at least 4 members (excludes halogenated alkanes) is 1. The average molecular weight is 639 g/mol. The summed E-state index contributed by atoms with van der Waals surface area (Å²) in [6.45, 7) is 8.33. The van der Waals surface area contributed by atoms with Gasteiger partial charge in [-0.25, -0.2) is 13.2 Å². The first-order valence-corrected chi connectivity index (χ1v) is 17.6. The van der Waals surface area contributed by atoms with Crippen molar-refractivity contribution in [2.45, 2.75) is 74.5 Å². The van der Waals surface area contributed by atoms with E-state index in [2.05, 4.69) is 24.1 Å². The number of hydrogen-bond donors (Lipinski definition) is 2. The average Bonchev–Trinajstić information content (AvgIpc) is 3.09. The molecule has 0 saturated carbocycles. The number of rotatable bonds is 13. The normalized spacial score (nSPS) is 18.2. The van der Waals surface area contributed by atoms with Crippen molar-refractivity contribution in [3.63, 3.8) is 0 Å². The maximum absolute atomic E-state index is 14.2. The summed E-state index contributed by atoms with van der Waals surface area (Å²) >= 11 is 1.52. The van der Waals surface area contributed by atoms with Crippen molar-refractivity contribution in [3.8, 4) is 5.75 Å². The lowest BCUT2D eigenvalue weighted by Gasteiger charge is -2.36. The Morgan fingerprint density at radius 3 is 2.30 bits per heavy atom. The van der Waals surface area contributed by atoms with Crippen LogP contribution in [0.2, 0.25) is 0 Å². The smallest absolute Gasteiger partial charge is 0.330 e. The van der Waals surface area contributed by atoms with Crippen molar-refractivity contribution >= 4 is 44.9 Å². The fourth-order valence-electron chi connectivity index (χ4n) is 5.61. The number of amides is 1. The molecule has 1 aliphatic heterocycles. The molecule has 2 N–H and O–H groups in total. The predicted octanol–water partition coefficient (Wildman–Crippen LogP) is 7.02. The minimum Gasteiger partial charge on any atom is -0.483 e. The number of sulfone groups is 1. The third-order valence-electron chi connectivity index (χ3n) is 7.93. The number of nitrogens with one attached hydrogen (secondary N) is 1. The molecule has 8 nitrogen and oxygen atoms in total. The molecule has 0 aliphatic carbocycles. The standard InChI is InChI=1S/C34H42N2O6S2/c1-5-7-18-34(6-2)22-36(26-16-12-9-13-17-26)27-19-29(43-24(3)4)28(20-30(27)44(40,41)23-34)42-21-31(37)35-32(33(38)39)25-14-10-8-11-15-25/h8-17,19-20,24,32H,5-7,18,21-23H2,1-4H3,(H,35,37)(H,38,39)/t32-,34?/m1/s1. The first kappa shape index (κ1) is 33.4. The van der Waals surface area contributed by atoms with Crippen LogP contribution in [0.5, 0.6) is 5.75 Å². The van der Waals surface area contributed by atoms with Crippen LogP contribution in [-0.4, -0.2) is 49.6 Å². The maximum atomic E-state index is 14.2. The molecule has 0 fully saturated rings. The number of benzene rings is 3. The van der Waals surface area contributed by atoms with Gasteiger partial charge in [0.15, 0.2) is 22.5 Å². The van der Waals surface area contributed by atoms with Gasteiger partial charge in [-0.05, 0) is 36.6 Å². The molecule has 44 heavy (non-hydrogen) atoms. The SMILES string of the molecule is CCCCC1(CC)CN(c2ccccc2)c2cc(SC(C)C)c(OCC(=O)N[C@@H](C(=O)O)c3ccccc3)cc2S(=O)(=O)C1. The minimum absolute atomic E-state index is 0.0147. The van der Waals surface area contributed by atoms with Crippen LogP contribution in [0.4, 0.5) is 11.4 Å². The molecule has 4 rings (SSSR count). The second kappa shape index (κ2) is 14.5. The Hall–Kier alpha value is -3.50. The fraction of sp³-hybridized carbons (Fsp3) is 0.412. The number of fused-ring (bicyclic) bond motifs is 1. The summed E-state index contributed by atoms with van der Waals surface area (Å²) in [6.07, 6.45) is 3.41. The number of ether oxygens (including phenoxy) is 1. The molecule has 1 unspecified atom stereocenters. The molecular weight excluding hydrogens is 597 g/mol. The molecule has 1 heterocycles. The van der Waals surface area contributed by atoms with Crippen LogP contribution in [0, 0.1) is 5.41 Å². The lowest BCUT2D eigenvalue weighted by molar-refractivity contribution is -0.142. The molecule has 1 aliphatic rings. The van der Waals surface area contributed by atoms with Crippen LogP contribution in [0.15, 0.2) is 82.6 Å². The van der Waals surface area contributed by atoms with Crippen LogP contribution in [0.25, 0.3) is 0 Å². The number of carboxylic acid groups (broad SMARTS) is 1. The van der Waals surface area contributed by atoms with Gasteiger partial charge >= 0.3 is 5.97 Å². The molecule has 10 heteroatoms. The Bertz CT molecular complexity index is 1550. The molecule has 3 aromatic carbocycles. The van der Waals surface area contributed by atoms with Gasteiger partial charge in [0.05, 0.1) is 21.2 Å². The Morgan fingerprint density at radius 2 is 1.70 bits per heavy atom. The molecule has 0 spiro atoms. The highest BCUT2D eigenvalue weighted by Gasteiger charge is 2.42. The second-order valence-electron chi connectivity index (χ2n) is 11.6. The topological polar surface area (TPSA) is 113 Å². The molecule has 3 aromatic rings. The summed E-state index contributed by atoms with van der Waals surface area (Å²) in [7, 11) is -3.75. The molecule has 0 saturated heterocycles. The molecule has 0 radical (unpaired) electrons. The van der Waals surface area contributed by atoms with Crippen LogP contribution in [0.3, 0.4) is 0 Å². The van der Waals surface area contributed by atoms with Crippen LogP contribution in [0.1, 0.15) is 65.0 Å². The van der Waals surface area contributed by atoms with E-state index >= 15 is 0 Å². The number of carbonyl (C=O) groups excluding carboxylic acids is 1. The van der Waals surface area contributed by atoms with E-state index < -0.39 is 39.8 Å². The van der Waals surface area contributed by atoms with Gasteiger partial charge in [0.25, 0.3) is 5.91 Å². The first-order chi connectivity index (χ1) is 21.0. The lowest BCUT2D eigenvalue weighted by atomic mass is 9.81. The van der Waals surface area contributed by atoms with Crippen molar-refractivity contribution < 1.29 is 27.9 Å². The number of aliphatic carboxylic acids is 1. The molecule has 236 valence electrons. The molecule has 0 bridgehead atoms. The van der Waals surface area contributed by atoms with Gasteiger partial charge in [-0.3, -0.25) is 4.79 Å². The zero-order valence-corrected chi connectivity index (χ0v) is 27.4. The van der Waals surface area contributed by atoms with Crippen LogP contribution in [-0.2, 0) is 19.4 Å². The highest BCUT2D eigenvalue weighted by molar-refractivity contribution is 8.00. The second-order valence-corrected chi connectivity index (χ2v) is 15.2. The van der Waals surface area contributed by atoms with Crippen molar-refractivity contribution in [1.82, 2.24) is 5.32 Å². The first-order valence-electron chi connectivity index (χ1n) is 15.1. The van der Waals surface area contributed by atoms with Crippen molar-refractivity contribution in [1.29, 1.82) is 0 Å². The summed E-state index contributed by atoms with van der Waals surface area (Å²) in [5.41, 5.74) is 1.50. The molecule has 0 aromatic heterocycles. The van der Waals surface area contributed by atoms with E-state index in [1.54, 1.807) is 36.4 Å². The Kier molecular flexibility index (Phi) is 11.0. The van der Waals surface area contributed by atoms with E-state index in [0.29, 0.717) is 29.1 Å². The number of para-hydroxylation sites is 1. The Balaban J connectivity index is 1.74. The lowest BCUT2D eigenvalue weighted by Crippen LogP contribution is -2.37. The number of nitrogens with zero attached hydrogens (tertiary/aromatic N) is 1. The molecule has 1 amide bonds. The Morgan fingerprint density at radius 1 is 1.05 bits per heavy atom. The fourth-order valence-corrected chi connectivity index (χ4v) is 8.70. The highest BCUT2D eigenvalue weighted by atomic mass is 32.2. The number of carboxylic acids is 1. The number of hydrogen-bond acceptors (Lipinski definition) is 7. The number of carbonyl (C=O) groups is 2. The third kappa shape index (κ3) is 7.95. The van der Waals surface area contributed by atoms with Crippen molar-refractivity contribution in [2.24, 2.45) is 5.41 Å². The van der Waals surface area contributed by atoms with Crippen molar-refractivity contribution in [3.05, 3.63) is 78.4 Å². The summed E-state index contributed by atoms with van der Waals surface area (Å²) < 4.78 is 34.3. The van der Waals surface area contributed by atoms with Gasteiger partial charge in [-0.15, -0.1) is 11.8 Å². The van der Waals surface area contributed by atoms with E-state index in [9.17, 15) is 23.1 Å². The number of anilines is 2. The van der Waals surface area contributed by atoms with Crippen molar-refractivity contribution in [2.75, 3.05) is 23.8 Å². The summed E-state index contributed by atoms with van der Waals surface area (Å²) in [6, 6.07) is 20.4. The summed E-state index contributed by atoms with van der Waals surface area (Å²) in [4.78, 5) is 27.8. The molecular formula is C34H42N2O6S2. The largest absolute Gasteiger partial charge is 0.483 e. The van der Waals surface area contributed by atoms with E-state index in [1.165, 1.54) is 11.8 Å². The van der Waals surface area contributed by atoms with Crippen LogP contribution < -0.4 is 15.0 Å². The van der Waals surface area contributed by atoms with E-state index in [1.807, 2.05) is 50.2 Å². The van der Waals surface area contributed by atoms with Gasteiger partial charge in [0.2, 0.25) is 0 Å².